The SMILES string of the molecule is CCC1SCc2ccc(Cl)cc2C1O. The first kappa shape index (κ1) is 10.3. The molecule has 2 atom stereocenters. The maximum atomic E-state index is 10.1. The lowest BCUT2D eigenvalue weighted by Gasteiger charge is -2.28. The monoisotopic (exact) mass is 228 g/mol. The standard InChI is InChI=1S/C11H13ClOS/c1-2-10-11(13)9-5-8(12)4-3-7(9)6-14-10/h3-5,10-11,13H,2,6H2,1H3. The van der Waals surface area contributed by atoms with Crippen molar-refractivity contribution in [1.29, 1.82) is 0 Å². The molecule has 1 nitrogen and oxygen atoms in total. The third-order valence-corrected chi connectivity index (χ3v) is 4.37. The Labute approximate surface area is 93.5 Å². The maximum Gasteiger partial charge on any atom is 0.0912 e. The predicted molar refractivity (Wildman–Crippen MR) is 61.8 cm³/mol. The second-order valence-electron chi connectivity index (χ2n) is 3.55. The molecule has 0 saturated heterocycles. The van der Waals surface area contributed by atoms with Crippen molar-refractivity contribution in [2.45, 2.75) is 30.5 Å². The Morgan fingerprint density at radius 1 is 1.57 bits per heavy atom. The number of aliphatic hydroxyl groups is 1. The summed E-state index contributed by atoms with van der Waals surface area (Å²) in [6.07, 6.45) is 0.644. The summed E-state index contributed by atoms with van der Waals surface area (Å²) >= 11 is 7.74. The van der Waals surface area contributed by atoms with Crippen molar-refractivity contribution in [2.24, 2.45) is 0 Å². The lowest BCUT2D eigenvalue weighted by atomic mass is 9.99. The van der Waals surface area contributed by atoms with Gasteiger partial charge >= 0.3 is 0 Å². The highest BCUT2D eigenvalue weighted by Crippen LogP contribution is 2.39. The van der Waals surface area contributed by atoms with E-state index in [1.54, 1.807) is 0 Å². The molecule has 0 aromatic heterocycles. The van der Waals surface area contributed by atoms with Gasteiger partial charge in [-0.2, -0.15) is 11.8 Å². The van der Waals surface area contributed by atoms with Gasteiger partial charge < -0.3 is 5.11 Å². The van der Waals surface area contributed by atoms with Crippen molar-refractivity contribution < 1.29 is 5.11 Å². The molecule has 1 aromatic rings. The first-order valence-electron chi connectivity index (χ1n) is 4.80. The molecule has 0 aliphatic carbocycles. The van der Waals surface area contributed by atoms with E-state index in [0.717, 1.165) is 17.7 Å². The van der Waals surface area contributed by atoms with Gasteiger partial charge in [0.1, 0.15) is 0 Å². The second-order valence-corrected chi connectivity index (χ2v) is 5.21. The smallest absolute Gasteiger partial charge is 0.0912 e. The number of rotatable bonds is 1. The Morgan fingerprint density at radius 2 is 2.36 bits per heavy atom. The van der Waals surface area contributed by atoms with Crippen molar-refractivity contribution in [3.63, 3.8) is 0 Å². The van der Waals surface area contributed by atoms with Crippen LogP contribution in [0.1, 0.15) is 30.6 Å². The Hall–Kier alpha value is -0.180. The van der Waals surface area contributed by atoms with Gasteiger partial charge in [-0.05, 0) is 29.7 Å². The average molecular weight is 229 g/mol. The van der Waals surface area contributed by atoms with Gasteiger partial charge in [0.15, 0.2) is 0 Å². The summed E-state index contributed by atoms with van der Waals surface area (Å²) in [7, 11) is 0. The number of fused-ring (bicyclic) bond motifs is 1. The quantitative estimate of drug-likeness (QED) is 0.795. The van der Waals surface area contributed by atoms with Crippen LogP contribution in [0.5, 0.6) is 0 Å². The van der Waals surface area contributed by atoms with E-state index >= 15 is 0 Å². The summed E-state index contributed by atoms with van der Waals surface area (Å²) < 4.78 is 0. The molecule has 0 radical (unpaired) electrons. The van der Waals surface area contributed by atoms with Crippen LogP contribution in [0.15, 0.2) is 18.2 Å². The molecule has 3 heteroatoms. The first-order valence-corrected chi connectivity index (χ1v) is 6.23. The van der Waals surface area contributed by atoms with Gasteiger partial charge in [-0.1, -0.05) is 24.6 Å². The lowest BCUT2D eigenvalue weighted by Crippen LogP contribution is -2.20. The minimum atomic E-state index is -0.354. The van der Waals surface area contributed by atoms with Gasteiger partial charge in [0.05, 0.1) is 6.10 Å². The molecule has 1 aliphatic rings. The molecular weight excluding hydrogens is 216 g/mol. The fourth-order valence-electron chi connectivity index (χ4n) is 1.80. The second kappa shape index (κ2) is 4.13. The number of halogens is 1. The molecule has 1 aromatic carbocycles. The van der Waals surface area contributed by atoms with E-state index in [4.69, 9.17) is 11.6 Å². The van der Waals surface area contributed by atoms with E-state index < -0.39 is 0 Å². The lowest BCUT2D eigenvalue weighted by molar-refractivity contribution is 0.170. The van der Waals surface area contributed by atoms with Crippen LogP contribution in [0.4, 0.5) is 0 Å². The van der Waals surface area contributed by atoms with Crippen molar-refractivity contribution in [2.75, 3.05) is 0 Å². The number of benzene rings is 1. The van der Waals surface area contributed by atoms with Gasteiger partial charge in [0, 0.05) is 16.0 Å². The van der Waals surface area contributed by atoms with E-state index in [2.05, 4.69) is 6.92 Å². The zero-order valence-electron chi connectivity index (χ0n) is 8.03. The summed E-state index contributed by atoms with van der Waals surface area (Å²) in [5.41, 5.74) is 2.24. The van der Waals surface area contributed by atoms with E-state index in [1.807, 2.05) is 30.0 Å². The summed E-state index contributed by atoms with van der Waals surface area (Å²) in [6.45, 7) is 2.11. The Morgan fingerprint density at radius 3 is 3.07 bits per heavy atom. The molecule has 0 fully saturated rings. The van der Waals surface area contributed by atoms with Crippen LogP contribution in [-0.2, 0) is 5.75 Å². The maximum absolute atomic E-state index is 10.1. The van der Waals surface area contributed by atoms with Gasteiger partial charge in [-0.15, -0.1) is 0 Å². The summed E-state index contributed by atoms with van der Waals surface area (Å²) in [6, 6.07) is 5.80. The van der Waals surface area contributed by atoms with E-state index in [0.29, 0.717) is 10.3 Å². The van der Waals surface area contributed by atoms with E-state index in [-0.39, 0.29) is 6.10 Å². The van der Waals surface area contributed by atoms with Crippen molar-refractivity contribution >= 4 is 23.4 Å². The third kappa shape index (κ3) is 1.79. The molecule has 2 unspecified atom stereocenters. The highest BCUT2D eigenvalue weighted by Gasteiger charge is 2.26. The number of aliphatic hydroxyl groups excluding tert-OH is 1. The molecule has 0 spiro atoms. The van der Waals surface area contributed by atoms with Crippen LogP contribution in [0, 0.1) is 0 Å². The van der Waals surface area contributed by atoms with Crippen molar-refractivity contribution in [3.05, 3.63) is 34.3 Å². The van der Waals surface area contributed by atoms with Gasteiger partial charge in [-0.3, -0.25) is 0 Å². The van der Waals surface area contributed by atoms with Gasteiger partial charge in [-0.25, -0.2) is 0 Å². The molecule has 1 N–H and O–H groups in total. The highest BCUT2D eigenvalue weighted by molar-refractivity contribution is 7.99. The molecule has 76 valence electrons. The summed E-state index contributed by atoms with van der Waals surface area (Å²) in [4.78, 5) is 0. The molecular formula is C11H13ClOS. The highest BCUT2D eigenvalue weighted by atomic mass is 35.5. The summed E-state index contributed by atoms with van der Waals surface area (Å²) in [5.74, 6) is 0.988. The van der Waals surface area contributed by atoms with E-state index in [1.165, 1.54) is 5.56 Å². The fourth-order valence-corrected chi connectivity index (χ4v) is 3.20. The normalized spacial score (nSPS) is 25.9. The number of thioether (sulfide) groups is 1. The Balaban J connectivity index is 2.38. The molecule has 1 heterocycles. The number of hydrogen-bond acceptors (Lipinski definition) is 2. The molecule has 0 saturated carbocycles. The zero-order chi connectivity index (χ0) is 10.1. The average Bonchev–Trinajstić information content (AvgIpc) is 2.20. The number of hydrogen-bond donors (Lipinski definition) is 1. The largest absolute Gasteiger partial charge is 0.387 e. The van der Waals surface area contributed by atoms with E-state index in [9.17, 15) is 5.11 Å². The van der Waals surface area contributed by atoms with Crippen LogP contribution in [-0.4, -0.2) is 10.4 Å². The molecule has 2 rings (SSSR count). The van der Waals surface area contributed by atoms with Crippen LogP contribution in [0.2, 0.25) is 5.02 Å². The van der Waals surface area contributed by atoms with Crippen LogP contribution >= 0.6 is 23.4 Å². The molecule has 0 amide bonds. The van der Waals surface area contributed by atoms with Crippen molar-refractivity contribution in [3.8, 4) is 0 Å². The zero-order valence-corrected chi connectivity index (χ0v) is 9.61. The Bertz CT molecular complexity index is 340. The molecule has 14 heavy (non-hydrogen) atoms. The molecule has 1 aliphatic heterocycles. The van der Waals surface area contributed by atoms with Crippen molar-refractivity contribution in [1.82, 2.24) is 0 Å². The predicted octanol–water partition coefficient (Wildman–Crippen LogP) is 3.40. The van der Waals surface area contributed by atoms with Crippen LogP contribution in [0.3, 0.4) is 0 Å². The van der Waals surface area contributed by atoms with Gasteiger partial charge in [0.2, 0.25) is 0 Å². The molecule has 0 bridgehead atoms. The first-order chi connectivity index (χ1) is 6.72. The third-order valence-electron chi connectivity index (χ3n) is 2.63. The minimum Gasteiger partial charge on any atom is -0.387 e. The fraction of sp³-hybridized carbons (Fsp3) is 0.455. The van der Waals surface area contributed by atoms with Crippen LogP contribution in [0.25, 0.3) is 0 Å². The minimum absolute atomic E-state index is 0.320. The van der Waals surface area contributed by atoms with Crippen LogP contribution < -0.4 is 0 Å². The van der Waals surface area contributed by atoms with Gasteiger partial charge in [0.25, 0.3) is 0 Å². The summed E-state index contributed by atoms with van der Waals surface area (Å²) in [5, 5.41) is 11.1. The Kier molecular flexibility index (Phi) is 3.05. The topological polar surface area (TPSA) is 20.2 Å².